The lowest BCUT2D eigenvalue weighted by Crippen LogP contribution is -2.39. The van der Waals surface area contributed by atoms with Gasteiger partial charge in [-0.2, -0.15) is 13.2 Å². The summed E-state index contributed by atoms with van der Waals surface area (Å²) in [6.45, 7) is 0. The summed E-state index contributed by atoms with van der Waals surface area (Å²) in [7, 11) is -3.96. The third-order valence-electron chi connectivity index (χ3n) is 4.17. The van der Waals surface area contributed by atoms with E-state index in [4.69, 9.17) is 13.0 Å². The maximum atomic E-state index is 10.7. The predicted octanol–water partition coefficient (Wildman–Crippen LogP) is 2.92. The van der Waals surface area contributed by atoms with Gasteiger partial charge in [0.25, 0.3) is 0 Å². The number of fused-ring (bicyclic) bond motifs is 3. The Bertz CT molecular complexity index is 1070. The number of hydrogen-bond acceptors (Lipinski definition) is 3. The van der Waals surface area contributed by atoms with Gasteiger partial charge in [0, 0.05) is 18.1 Å². The van der Waals surface area contributed by atoms with Crippen molar-refractivity contribution in [1.82, 2.24) is 4.68 Å². The molecule has 2 heterocycles. The molecule has 9 heteroatoms. The second-order valence-corrected chi connectivity index (χ2v) is 7.30. The van der Waals surface area contributed by atoms with Gasteiger partial charge >= 0.3 is 5.51 Å². The van der Waals surface area contributed by atoms with Crippen molar-refractivity contribution in [2.45, 2.75) is 11.9 Å². The van der Waals surface area contributed by atoms with Crippen molar-refractivity contribution in [2.24, 2.45) is 7.05 Å². The van der Waals surface area contributed by atoms with Crippen LogP contribution in [0.3, 0.4) is 0 Å². The van der Waals surface area contributed by atoms with Crippen molar-refractivity contribution in [3.63, 3.8) is 0 Å². The minimum atomic E-state index is -6.09. The number of nitrogens with zero attached hydrogens (tertiary/aromatic N) is 2. The summed E-state index contributed by atoms with van der Waals surface area (Å²) < 4.78 is 63.5. The molecule has 0 radical (unpaired) electrons. The van der Waals surface area contributed by atoms with Gasteiger partial charge in [-0.15, -0.1) is 9.36 Å². The fourth-order valence-electron chi connectivity index (χ4n) is 3.00. The van der Waals surface area contributed by atoms with Crippen LogP contribution in [0.25, 0.3) is 16.9 Å². The van der Waals surface area contributed by atoms with Crippen LogP contribution in [0.1, 0.15) is 11.3 Å². The first-order chi connectivity index (χ1) is 12.6. The van der Waals surface area contributed by atoms with Gasteiger partial charge in [-0.1, -0.05) is 36.4 Å². The van der Waals surface area contributed by atoms with Crippen molar-refractivity contribution in [3.8, 4) is 16.9 Å². The number of benzene rings is 2. The molecular weight excluding hydrogens is 381 g/mol. The Morgan fingerprint density at radius 2 is 1.59 bits per heavy atom. The van der Waals surface area contributed by atoms with Crippen LogP contribution in [-0.2, 0) is 23.6 Å². The molecule has 0 bridgehead atoms. The zero-order valence-corrected chi connectivity index (χ0v) is 15.0. The lowest BCUT2D eigenvalue weighted by molar-refractivity contribution is -0.734. The molecule has 0 saturated carbocycles. The van der Waals surface area contributed by atoms with Crippen LogP contribution in [0.2, 0.25) is 0 Å². The highest BCUT2D eigenvalue weighted by Gasteiger charge is 2.37. The van der Waals surface area contributed by atoms with Gasteiger partial charge in [0.15, 0.2) is 17.2 Å². The van der Waals surface area contributed by atoms with Crippen LogP contribution in [0.15, 0.2) is 60.7 Å². The lowest BCUT2D eigenvalue weighted by atomic mass is 10.1. The minimum absolute atomic E-state index is 1.02. The van der Waals surface area contributed by atoms with Gasteiger partial charge in [-0.25, -0.2) is 8.42 Å². The average Bonchev–Trinajstić information content (AvgIpc) is 3.11. The predicted molar refractivity (Wildman–Crippen MR) is 90.9 cm³/mol. The zero-order chi connectivity index (χ0) is 19.8. The number of alkyl halides is 3. The van der Waals surface area contributed by atoms with E-state index in [0.29, 0.717) is 0 Å². The summed E-state index contributed by atoms with van der Waals surface area (Å²) in [6.07, 6.45) is 1.02. The molecule has 27 heavy (non-hydrogen) atoms. The van der Waals surface area contributed by atoms with Crippen molar-refractivity contribution in [3.05, 3.63) is 71.9 Å². The van der Waals surface area contributed by atoms with Gasteiger partial charge in [-0.05, 0) is 23.8 Å². The highest BCUT2D eigenvalue weighted by molar-refractivity contribution is 7.86. The molecule has 3 aromatic rings. The second-order valence-electron chi connectivity index (χ2n) is 5.93. The summed E-state index contributed by atoms with van der Waals surface area (Å²) in [4.78, 5) is 0. The fourth-order valence-corrected chi connectivity index (χ4v) is 3.00. The lowest BCUT2D eigenvalue weighted by Gasteiger charge is -2.08. The van der Waals surface area contributed by atoms with Gasteiger partial charge in [0.2, 0.25) is 5.69 Å². The normalized spacial score (nSPS) is 12.8. The second kappa shape index (κ2) is 6.82. The molecule has 0 N–H and O–H groups in total. The molecule has 1 aromatic heterocycles. The highest BCUT2D eigenvalue weighted by atomic mass is 32.2. The molecule has 1 aliphatic heterocycles. The van der Waals surface area contributed by atoms with Crippen molar-refractivity contribution in [2.75, 3.05) is 0 Å². The number of hydrogen-bond donors (Lipinski definition) is 0. The van der Waals surface area contributed by atoms with E-state index >= 15 is 0 Å². The van der Waals surface area contributed by atoms with Gasteiger partial charge in [0.1, 0.15) is 5.69 Å². The van der Waals surface area contributed by atoms with E-state index in [-0.39, 0.29) is 0 Å². The third-order valence-corrected chi connectivity index (χ3v) is 4.74. The molecule has 0 atom stereocenters. The SMILES string of the molecule is C[n+]1c(-c2ccccc2)cc2n1-c1ccccc1C2.O=S(=O)([O-])C(F)(F)F. The Labute approximate surface area is 154 Å². The quantitative estimate of drug-likeness (QED) is 0.282. The zero-order valence-electron chi connectivity index (χ0n) is 14.1. The summed E-state index contributed by atoms with van der Waals surface area (Å²) in [5.41, 5.74) is 0.972. The minimum Gasteiger partial charge on any atom is -0.741 e. The number of rotatable bonds is 1. The van der Waals surface area contributed by atoms with E-state index in [1.807, 2.05) is 0 Å². The molecule has 142 valence electrons. The van der Waals surface area contributed by atoms with Crippen molar-refractivity contribution in [1.29, 1.82) is 0 Å². The van der Waals surface area contributed by atoms with E-state index in [0.717, 1.165) is 6.42 Å². The molecule has 0 unspecified atom stereocenters. The first-order valence-electron chi connectivity index (χ1n) is 7.86. The maximum absolute atomic E-state index is 10.7. The van der Waals surface area contributed by atoms with Gasteiger partial charge in [0.05, 0.1) is 5.69 Å². The average molecular weight is 396 g/mol. The molecule has 2 aromatic carbocycles. The first kappa shape index (κ1) is 19.1. The molecule has 4 rings (SSSR count). The van der Waals surface area contributed by atoms with Gasteiger partial charge in [-0.3, -0.25) is 0 Å². The molecular formula is C18H15F3N2O3S. The Hall–Kier alpha value is -2.65. The van der Waals surface area contributed by atoms with Crippen LogP contribution in [0, 0.1) is 0 Å². The van der Waals surface area contributed by atoms with Crippen molar-refractivity contribution < 1.29 is 30.8 Å². The maximum Gasteiger partial charge on any atom is 0.485 e. The fraction of sp³-hybridized carbons (Fsp3) is 0.167. The highest BCUT2D eigenvalue weighted by Crippen LogP contribution is 2.29. The van der Waals surface area contributed by atoms with Crippen molar-refractivity contribution >= 4 is 10.1 Å². The van der Waals surface area contributed by atoms with E-state index in [2.05, 4.69) is 77.1 Å². The molecule has 1 aliphatic rings. The Kier molecular flexibility index (Phi) is 4.83. The van der Waals surface area contributed by atoms with E-state index < -0.39 is 15.6 Å². The smallest absolute Gasteiger partial charge is 0.485 e. The van der Waals surface area contributed by atoms with Crippen LogP contribution in [-0.4, -0.2) is 23.2 Å². The molecule has 0 amide bonds. The monoisotopic (exact) mass is 396 g/mol. The van der Waals surface area contributed by atoms with E-state index in [1.54, 1.807) is 0 Å². The number of aromatic nitrogens is 2. The Morgan fingerprint density at radius 1 is 1.04 bits per heavy atom. The summed E-state index contributed by atoms with van der Waals surface area (Å²) in [6, 6.07) is 21.5. The van der Waals surface area contributed by atoms with Crippen LogP contribution in [0.4, 0.5) is 13.2 Å². The van der Waals surface area contributed by atoms with Crippen LogP contribution >= 0.6 is 0 Å². The third kappa shape index (κ3) is 3.74. The standard InChI is InChI=1S/C17H15N2.CHF3O3S/c1-18-17(13-7-3-2-4-8-13)12-15-11-14-9-5-6-10-16(14)19(15)18;2-1(3,4)8(5,6)7/h2-10,12H,11H2,1H3;(H,5,6,7)/q+1;/p-1. The van der Waals surface area contributed by atoms with E-state index in [9.17, 15) is 13.2 Å². The number of halogens is 3. The Balaban J connectivity index is 0.000000226. The first-order valence-corrected chi connectivity index (χ1v) is 9.27. The molecule has 0 saturated heterocycles. The summed E-state index contributed by atoms with van der Waals surface area (Å²) in [5, 5.41) is 0. The molecule has 0 fully saturated rings. The number of para-hydroxylation sites is 1. The topological polar surface area (TPSA) is 66.0 Å². The molecule has 0 spiro atoms. The van der Waals surface area contributed by atoms with Crippen LogP contribution in [0.5, 0.6) is 0 Å². The largest absolute Gasteiger partial charge is 0.741 e. The van der Waals surface area contributed by atoms with E-state index in [1.165, 1.54) is 28.2 Å². The summed E-state index contributed by atoms with van der Waals surface area (Å²) in [5.74, 6) is 0. The summed E-state index contributed by atoms with van der Waals surface area (Å²) >= 11 is 0. The molecule has 5 nitrogen and oxygen atoms in total. The molecule has 0 aliphatic carbocycles. The Morgan fingerprint density at radius 3 is 2.19 bits per heavy atom. The van der Waals surface area contributed by atoms with Crippen LogP contribution < -0.4 is 4.68 Å². The van der Waals surface area contributed by atoms with Gasteiger partial charge < -0.3 is 4.55 Å².